The summed E-state index contributed by atoms with van der Waals surface area (Å²) in [7, 11) is 0. The Kier molecular flexibility index (Phi) is 2.06. The van der Waals surface area contributed by atoms with Crippen LogP contribution in [0.1, 0.15) is 13.8 Å². The average molecular weight is 144 g/mol. The zero-order chi connectivity index (χ0) is 7.61. The van der Waals surface area contributed by atoms with Crippen LogP contribution in [0.4, 0.5) is 0 Å². The third-order valence-electron chi connectivity index (χ3n) is 1.66. The van der Waals surface area contributed by atoms with Crippen molar-refractivity contribution in [1.29, 1.82) is 0 Å². The van der Waals surface area contributed by atoms with E-state index >= 15 is 0 Å². The minimum atomic E-state index is -0.444. The molecular weight excluding hydrogens is 132 g/mol. The normalized spacial score (nSPS) is 31.6. The van der Waals surface area contributed by atoms with Gasteiger partial charge in [-0.1, -0.05) is 0 Å². The summed E-state index contributed by atoms with van der Waals surface area (Å²) < 4.78 is 10.5. The minimum absolute atomic E-state index is 0.402. The SMILES string of the molecule is CC1(C)OCCOC1C=O. The second-order valence-electron chi connectivity index (χ2n) is 2.88. The van der Waals surface area contributed by atoms with Crippen LogP contribution in [0.15, 0.2) is 0 Å². The van der Waals surface area contributed by atoms with Gasteiger partial charge in [0, 0.05) is 0 Å². The van der Waals surface area contributed by atoms with Crippen molar-refractivity contribution in [3.8, 4) is 0 Å². The van der Waals surface area contributed by atoms with Crippen molar-refractivity contribution in [3.63, 3.8) is 0 Å². The number of hydrogen-bond acceptors (Lipinski definition) is 3. The maximum atomic E-state index is 10.4. The molecule has 1 saturated heterocycles. The molecule has 0 spiro atoms. The molecule has 1 fully saturated rings. The first-order valence-corrected chi connectivity index (χ1v) is 3.37. The molecule has 0 saturated carbocycles. The quantitative estimate of drug-likeness (QED) is 0.499. The van der Waals surface area contributed by atoms with Crippen LogP contribution in [0.2, 0.25) is 0 Å². The van der Waals surface area contributed by atoms with Gasteiger partial charge in [-0.3, -0.25) is 0 Å². The maximum Gasteiger partial charge on any atom is 0.151 e. The van der Waals surface area contributed by atoms with Gasteiger partial charge in [0.15, 0.2) is 6.29 Å². The molecule has 0 aromatic heterocycles. The Hall–Kier alpha value is -0.410. The van der Waals surface area contributed by atoms with Gasteiger partial charge in [0.1, 0.15) is 6.10 Å². The molecule has 0 N–H and O–H groups in total. The van der Waals surface area contributed by atoms with Crippen molar-refractivity contribution in [1.82, 2.24) is 0 Å². The van der Waals surface area contributed by atoms with Crippen LogP contribution < -0.4 is 0 Å². The molecule has 0 aromatic rings. The Bertz CT molecular complexity index is 131. The van der Waals surface area contributed by atoms with Gasteiger partial charge in [0.2, 0.25) is 0 Å². The molecule has 1 atom stereocenters. The van der Waals surface area contributed by atoms with E-state index in [1.165, 1.54) is 0 Å². The molecule has 1 rings (SSSR count). The van der Waals surface area contributed by atoms with E-state index in [0.717, 1.165) is 6.29 Å². The monoisotopic (exact) mass is 144 g/mol. The summed E-state index contributed by atoms with van der Waals surface area (Å²) >= 11 is 0. The second-order valence-corrected chi connectivity index (χ2v) is 2.88. The van der Waals surface area contributed by atoms with Gasteiger partial charge in [0.05, 0.1) is 18.8 Å². The standard InChI is InChI=1S/C7H12O3/c1-7(2)6(5-8)9-3-4-10-7/h5-6H,3-4H2,1-2H3. The van der Waals surface area contributed by atoms with Crippen LogP contribution in [-0.4, -0.2) is 31.2 Å². The third-order valence-corrected chi connectivity index (χ3v) is 1.66. The maximum absolute atomic E-state index is 10.4. The molecular formula is C7H12O3. The van der Waals surface area contributed by atoms with Gasteiger partial charge in [0.25, 0.3) is 0 Å². The van der Waals surface area contributed by atoms with Crippen molar-refractivity contribution in [2.24, 2.45) is 0 Å². The predicted molar refractivity (Wildman–Crippen MR) is 35.8 cm³/mol. The van der Waals surface area contributed by atoms with E-state index in [1.54, 1.807) is 0 Å². The lowest BCUT2D eigenvalue weighted by Crippen LogP contribution is -2.47. The number of carbonyl (C=O) groups is 1. The number of ether oxygens (including phenoxy) is 2. The molecule has 0 aromatic carbocycles. The molecule has 1 aliphatic rings. The van der Waals surface area contributed by atoms with Gasteiger partial charge in [-0.25, -0.2) is 0 Å². The highest BCUT2D eigenvalue weighted by atomic mass is 16.6. The van der Waals surface area contributed by atoms with Gasteiger partial charge in [-0.2, -0.15) is 0 Å². The first-order chi connectivity index (χ1) is 4.67. The van der Waals surface area contributed by atoms with Gasteiger partial charge < -0.3 is 14.3 Å². The molecule has 3 nitrogen and oxygen atoms in total. The highest BCUT2D eigenvalue weighted by Gasteiger charge is 2.33. The van der Waals surface area contributed by atoms with E-state index in [-0.39, 0.29) is 0 Å². The Balaban J connectivity index is 2.59. The van der Waals surface area contributed by atoms with E-state index in [4.69, 9.17) is 9.47 Å². The van der Waals surface area contributed by atoms with Crippen molar-refractivity contribution < 1.29 is 14.3 Å². The lowest BCUT2D eigenvalue weighted by Gasteiger charge is -2.34. The Morgan fingerprint density at radius 2 is 2.20 bits per heavy atom. The predicted octanol–water partition coefficient (Wildman–Crippen LogP) is 0.379. The van der Waals surface area contributed by atoms with E-state index in [2.05, 4.69) is 0 Å². The second kappa shape index (κ2) is 2.68. The first-order valence-electron chi connectivity index (χ1n) is 3.37. The van der Waals surface area contributed by atoms with Crippen LogP contribution >= 0.6 is 0 Å². The van der Waals surface area contributed by atoms with E-state index in [1.807, 2.05) is 13.8 Å². The van der Waals surface area contributed by atoms with Crippen LogP contribution in [-0.2, 0) is 14.3 Å². The Morgan fingerprint density at radius 1 is 1.50 bits per heavy atom. The van der Waals surface area contributed by atoms with E-state index in [0.29, 0.717) is 13.2 Å². The largest absolute Gasteiger partial charge is 0.370 e. The van der Waals surface area contributed by atoms with E-state index in [9.17, 15) is 4.79 Å². The van der Waals surface area contributed by atoms with Crippen molar-refractivity contribution in [2.45, 2.75) is 25.6 Å². The van der Waals surface area contributed by atoms with Crippen LogP contribution in [0.25, 0.3) is 0 Å². The number of carbonyl (C=O) groups excluding carboxylic acids is 1. The topological polar surface area (TPSA) is 35.5 Å². The molecule has 10 heavy (non-hydrogen) atoms. The number of hydrogen-bond donors (Lipinski definition) is 0. The Labute approximate surface area is 60.3 Å². The summed E-state index contributed by atoms with van der Waals surface area (Å²) in [5.74, 6) is 0. The minimum Gasteiger partial charge on any atom is -0.370 e. The lowest BCUT2D eigenvalue weighted by molar-refractivity contribution is -0.183. The lowest BCUT2D eigenvalue weighted by atomic mass is 10.0. The highest BCUT2D eigenvalue weighted by molar-refractivity contribution is 5.58. The molecule has 3 heteroatoms. The van der Waals surface area contributed by atoms with Crippen LogP contribution in [0, 0.1) is 0 Å². The highest BCUT2D eigenvalue weighted by Crippen LogP contribution is 2.19. The third kappa shape index (κ3) is 1.36. The summed E-state index contributed by atoms with van der Waals surface area (Å²) in [6.45, 7) is 4.81. The molecule has 0 aliphatic carbocycles. The van der Waals surface area contributed by atoms with Gasteiger partial charge in [-0.05, 0) is 13.8 Å². The summed E-state index contributed by atoms with van der Waals surface area (Å²) in [5.41, 5.74) is -0.444. The molecule has 1 unspecified atom stereocenters. The molecule has 0 bridgehead atoms. The van der Waals surface area contributed by atoms with Gasteiger partial charge >= 0.3 is 0 Å². The van der Waals surface area contributed by atoms with Crippen LogP contribution in [0.3, 0.4) is 0 Å². The van der Waals surface area contributed by atoms with Crippen molar-refractivity contribution in [3.05, 3.63) is 0 Å². The molecule has 1 heterocycles. The average Bonchev–Trinajstić information content (AvgIpc) is 1.87. The number of aldehydes is 1. The summed E-state index contributed by atoms with van der Waals surface area (Å²) in [5, 5.41) is 0. The summed E-state index contributed by atoms with van der Waals surface area (Å²) in [6, 6.07) is 0. The van der Waals surface area contributed by atoms with Crippen LogP contribution in [0.5, 0.6) is 0 Å². The molecule has 58 valence electrons. The number of rotatable bonds is 1. The smallest absolute Gasteiger partial charge is 0.151 e. The Morgan fingerprint density at radius 3 is 2.60 bits per heavy atom. The van der Waals surface area contributed by atoms with Crippen molar-refractivity contribution in [2.75, 3.05) is 13.2 Å². The van der Waals surface area contributed by atoms with Gasteiger partial charge in [-0.15, -0.1) is 0 Å². The molecule has 0 amide bonds. The molecule has 1 aliphatic heterocycles. The first kappa shape index (κ1) is 7.69. The zero-order valence-corrected chi connectivity index (χ0v) is 6.29. The zero-order valence-electron chi connectivity index (χ0n) is 6.29. The van der Waals surface area contributed by atoms with Crippen molar-refractivity contribution >= 4 is 6.29 Å². The fourth-order valence-electron chi connectivity index (χ4n) is 0.966. The molecule has 0 radical (unpaired) electrons. The van der Waals surface area contributed by atoms with E-state index < -0.39 is 11.7 Å². The fraction of sp³-hybridized carbons (Fsp3) is 0.857. The fourth-order valence-corrected chi connectivity index (χ4v) is 0.966. The summed E-state index contributed by atoms with van der Waals surface area (Å²) in [6.07, 6.45) is 0.389. The summed E-state index contributed by atoms with van der Waals surface area (Å²) in [4.78, 5) is 10.4.